The minimum absolute atomic E-state index is 0.0256. The first kappa shape index (κ1) is 10.5. The Morgan fingerprint density at radius 1 is 1.62 bits per heavy atom. The van der Waals surface area contributed by atoms with Gasteiger partial charge in [-0.1, -0.05) is 0 Å². The first-order valence-corrected chi connectivity index (χ1v) is 4.53. The van der Waals surface area contributed by atoms with Gasteiger partial charge in [-0.2, -0.15) is 0 Å². The maximum absolute atomic E-state index is 11.1. The summed E-state index contributed by atoms with van der Waals surface area (Å²) in [4.78, 5) is 12.9. The number of nitrogens with zero attached hydrogens (tertiary/aromatic N) is 1. The van der Waals surface area contributed by atoms with Crippen molar-refractivity contribution in [1.29, 1.82) is 0 Å². The maximum Gasteiger partial charge on any atom is 0.219 e. The normalized spacial score (nSPS) is 29.0. The van der Waals surface area contributed by atoms with Crippen molar-refractivity contribution < 1.29 is 14.3 Å². The predicted molar refractivity (Wildman–Crippen MR) is 48.5 cm³/mol. The van der Waals surface area contributed by atoms with Crippen LogP contribution >= 0.6 is 0 Å². The topological polar surface area (TPSA) is 38.8 Å². The molecule has 0 N–H and O–H groups in total. The third-order valence-corrected chi connectivity index (χ3v) is 2.12. The smallest absolute Gasteiger partial charge is 0.219 e. The molecule has 0 bridgehead atoms. The summed E-state index contributed by atoms with van der Waals surface area (Å²) in [7, 11) is 1.64. The van der Waals surface area contributed by atoms with Crippen LogP contribution in [-0.4, -0.2) is 49.8 Å². The average molecular weight is 187 g/mol. The molecule has 1 rings (SSSR count). The lowest BCUT2D eigenvalue weighted by atomic mass is 10.2. The zero-order chi connectivity index (χ0) is 9.84. The molecule has 4 heteroatoms. The predicted octanol–water partition coefficient (Wildman–Crippen LogP) is 0.269. The lowest BCUT2D eigenvalue weighted by molar-refractivity contribution is -0.145. The van der Waals surface area contributed by atoms with E-state index < -0.39 is 0 Å². The second-order valence-electron chi connectivity index (χ2n) is 3.45. The van der Waals surface area contributed by atoms with Crippen molar-refractivity contribution in [3.05, 3.63) is 0 Å². The highest BCUT2D eigenvalue weighted by Gasteiger charge is 2.26. The Morgan fingerprint density at radius 2 is 2.31 bits per heavy atom. The van der Waals surface area contributed by atoms with E-state index in [1.807, 2.05) is 6.92 Å². The van der Waals surface area contributed by atoms with Crippen molar-refractivity contribution in [3.8, 4) is 0 Å². The van der Waals surface area contributed by atoms with Crippen molar-refractivity contribution in [2.24, 2.45) is 0 Å². The van der Waals surface area contributed by atoms with Gasteiger partial charge in [0.1, 0.15) is 0 Å². The second-order valence-corrected chi connectivity index (χ2v) is 3.45. The first-order chi connectivity index (χ1) is 6.13. The van der Waals surface area contributed by atoms with Crippen molar-refractivity contribution >= 4 is 5.91 Å². The quantitative estimate of drug-likeness (QED) is 0.623. The van der Waals surface area contributed by atoms with Crippen LogP contribution in [0.25, 0.3) is 0 Å². The van der Waals surface area contributed by atoms with Crippen molar-refractivity contribution in [2.45, 2.75) is 26.1 Å². The number of carbonyl (C=O) groups is 1. The summed E-state index contributed by atoms with van der Waals surface area (Å²) in [5.41, 5.74) is 0. The fraction of sp³-hybridized carbons (Fsp3) is 0.889. The largest absolute Gasteiger partial charge is 0.382 e. The van der Waals surface area contributed by atoms with Crippen LogP contribution in [0, 0.1) is 0 Å². The highest BCUT2D eigenvalue weighted by atomic mass is 16.5. The van der Waals surface area contributed by atoms with E-state index in [1.54, 1.807) is 18.9 Å². The Labute approximate surface area is 78.8 Å². The number of carbonyl (C=O) groups excluding carboxylic acids is 1. The molecule has 1 aliphatic heterocycles. The van der Waals surface area contributed by atoms with E-state index in [2.05, 4.69) is 0 Å². The van der Waals surface area contributed by atoms with E-state index in [-0.39, 0.29) is 18.1 Å². The van der Waals surface area contributed by atoms with Crippen LogP contribution < -0.4 is 0 Å². The molecule has 1 saturated heterocycles. The molecule has 0 aromatic heterocycles. The Kier molecular flexibility index (Phi) is 3.69. The van der Waals surface area contributed by atoms with E-state index in [9.17, 15) is 4.79 Å². The van der Waals surface area contributed by atoms with Gasteiger partial charge in [0.15, 0.2) is 0 Å². The summed E-state index contributed by atoms with van der Waals surface area (Å²) < 4.78 is 10.6. The molecule has 0 radical (unpaired) electrons. The SMILES string of the molecule is COC[C@@H]1CN(C(C)=O)C[C@H](C)O1. The zero-order valence-electron chi connectivity index (χ0n) is 8.45. The minimum Gasteiger partial charge on any atom is -0.382 e. The van der Waals surface area contributed by atoms with Gasteiger partial charge >= 0.3 is 0 Å². The van der Waals surface area contributed by atoms with Gasteiger partial charge in [0.2, 0.25) is 5.91 Å². The Morgan fingerprint density at radius 3 is 2.85 bits per heavy atom. The Balaban J connectivity index is 2.47. The van der Waals surface area contributed by atoms with Gasteiger partial charge in [0.05, 0.1) is 18.8 Å². The van der Waals surface area contributed by atoms with Gasteiger partial charge in [0.25, 0.3) is 0 Å². The number of amides is 1. The van der Waals surface area contributed by atoms with E-state index in [1.165, 1.54) is 0 Å². The van der Waals surface area contributed by atoms with Crippen LogP contribution in [0.2, 0.25) is 0 Å². The third kappa shape index (κ3) is 2.97. The van der Waals surface area contributed by atoms with E-state index in [4.69, 9.17) is 9.47 Å². The standard InChI is InChI=1S/C9H17NO3/c1-7-4-10(8(2)11)5-9(13-7)6-12-3/h7,9H,4-6H2,1-3H3/t7-,9-/m0/s1. The summed E-state index contributed by atoms with van der Waals surface area (Å²) >= 11 is 0. The van der Waals surface area contributed by atoms with E-state index in [0.717, 1.165) is 0 Å². The monoisotopic (exact) mass is 187 g/mol. The van der Waals surface area contributed by atoms with Crippen molar-refractivity contribution in [1.82, 2.24) is 4.90 Å². The second kappa shape index (κ2) is 4.58. The molecular formula is C9H17NO3. The lowest BCUT2D eigenvalue weighted by Gasteiger charge is -2.35. The van der Waals surface area contributed by atoms with Crippen LogP contribution in [0.15, 0.2) is 0 Å². The third-order valence-electron chi connectivity index (χ3n) is 2.12. The molecule has 1 fully saturated rings. The van der Waals surface area contributed by atoms with Gasteiger partial charge in [0, 0.05) is 27.1 Å². The summed E-state index contributed by atoms with van der Waals surface area (Å²) in [5.74, 6) is 0.108. The van der Waals surface area contributed by atoms with E-state index >= 15 is 0 Å². The lowest BCUT2D eigenvalue weighted by Crippen LogP contribution is -2.49. The summed E-state index contributed by atoms with van der Waals surface area (Å²) in [6.45, 7) is 5.44. The van der Waals surface area contributed by atoms with Gasteiger partial charge in [-0.15, -0.1) is 0 Å². The molecule has 1 amide bonds. The number of hydrogen-bond acceptors (Lipinski definition) is 3. The van der Waals surface area contributed by atoms with Crippen LogP contribution in [0.4, 0.5) is 0 Å². The Bertz CT molecular complexity index is 184. The molecular weight excluding hydrogens is 170 g/mol. The van der Waals surface area contributed by atoms with Gasteiger partial charge in [-0.3, -0.25) is 4.79 Å². The molecule has 0 aromatic rings. The molecule has 0 aliphatic carbocycles. The fourth-order valence-electron chi connectivity index (χ4n) is 1.58. The fourth-order valence-corrected chi connectivity index (χ4v) is 1.58. The number of rotatable bonds is 2. The Hall–Kier alpha value is -0.610. The van der Waals surface area contributed by atoms with Crippen LogP contribution in [0.1, 0.15) is 13.8 Å². The van der Waals surface area contributed by atoms with Crippen LogP contribution in [0.5, 0.6) is 0 Å². The summed E-state index contributed by atoms with van der Waals surface area (Å²) in [6.07, 6.45) is 0.135. The van der Waals surface area contributed by atoms with Crippen molar-refractivity contribution in [3.63, 3.8) is 0 Å². The molecule has 4 nitrogen and oxygen atoms in total. The highest BCUT2D eigenvalue weighted by Crippen LogP contribution is 2.11. The van der Waals surface area contributed by atoms with Gasteiger partial charge in [-0.25, -0.2) is 0 Å². The average Bonchev–Trinajstić information content (AvgIpc) is 2.03. The first-order valence-electron chi connectivity index (χ1n) is 4.53. The van der Waals surface area contributed by atoms with Gasteiger partial charge in [-0.05, 0) is 6.92 Å². The molecule has 0 saturated carbocycles. The number of methoxy groups -OCH3 is 1. The number of hydrogen-bond donors (Lipinski definition) is 0. The summed E-state index contributed by atoms with van der Waals surface area (Å²) in [5, 5.41) is 0. The molecule has 2 atom stereocenters. The zero-order valence-corrected chi connectivity index (χ0v) is 8.45. The van der Waals surface area contributed by atoms with Crippen LogP contribution in [-0.2, 0) is 14.3 Å². The molecule has 0 aromatic carbocycles. The molecule has 0 unspecified atom stereocenters. The summed E-state index contributed by atoms with van der Waals surface area (Å²) in [6, 6.07) is 0. The minimum atomic E-state index is 0.0256. The van der Waals surface area contributed by atoms with Crippen molar-refractivity contribution in [2.75, 3.05) is 26.8 Å². The van der Waals surface area contributed by atoms with Crippen LogP contribution in [0.3, 0.4) is 0 Å². The molecule has 1 heterocycles. The van der Waals surface area contributed by atoms with Gasteiger partial charge < -0.3 is 14.4 Å². The highest BCUT2D eigenvalue weighted by molar-refractivity contribution is 5.73. The molecule has 0 spiro atoms. The molecule has 13 heavy (non-hydrogen) atoms. The molecule has 1 aliphatic rings. The molecule has 76 valence electrons. The number of ether oxygens (including phenoxy) is 2. The maximum atomic E-state index is 11.1. The number of morpholine rings is 1. The van der Waals surface area contributed by atoms with E-state index in [0.29, 0.717) is 19.7 Å².